The van der Waals surface area contributed by atoms with Crippen LogP contribution in [-0.4, -0.2) is 72.3 Å². The van der Waals surface area contributed by atoms with E-state index in [0.29, 0.717) is 11.9 Å². The Hall–Kier alpha value is -2.29. The van der Waals surface area contributed by atoms with Crippen LogP contribution in [0.3, 0.4) is 0 Å². The maximum Gasteiger partial charge on any atom is 0.175 e. The monoisotopic (exact) mass is 524 g/mol. The van der Waals surface area contributed by atoms with Crippen molar-refractivity contribution in [3.8, 4) is 11.4 Å². The van der Waals surface area contributed by atoms with E-state index in [4.69, 9.17) is 4.98 Å². The minimum absolute atomic E-state index is 0.151. The third-order valence-corrected chi connectivity index (χ3v) is 10.2. The predicted octanol–water partition coefficient (Wildman–Crippen LogP) is 4.98. The number of piperidine rings is 2. The van der Waals surface area contributed by atoms with Gasteiger partial charge in [-0.1, -0.05) is 6.42 Å². The molecule has 37 heavy (non-hydrogen) atoms. The van der Waals surface area contributed by atoms with Gasteiger partial charge in [-0.15, -0.1) is 0 Å². The summed E-state index contributed by atoms with van der Waals surface area (Å²) in [6, 6.07) is 11.8. The van der Waals surface area contributed by atoms with Gasteiger partial charge in [0.2, 0.25) is 0 Å². The summed E-state index contributed by atoms with van der Waals surface area (Å²) in [6.07, 6.45) is 9.88. The Balaban J connectivity index is 1.15. The molecule has 6 rings (SSSR count). The summed E-state index contributed by atoms with van der Waals surface area (Å²) >= 11 is 0. The van der Waals surface area contributed by atoms with Crippen LogP contribution < -0.4 is 0 Å². The van der Waals surface area contributed by atoms with Gasteiger partial charge in [-0.2, -0.15) is 0 Å². The molecule has 1 aromatic heterocycles. The molecule has 0 radical (unpaired) electrons. The fourth-order valence-corrected chi connectivity index (χ4v) is 7.23. The Labute approximate surface area is 219 Å². The number of benzene rings is 2. The van der Waals surface area contributed by atoms with Crippen LogP contribution in [0.2, 0.25) is 0 Å². The minimum atomic E-state index is -3.26. The molecule has 2 aliphatic heterocycles. The summed E-state index contributed by atoms with van der Waals surface area (Å²) in [5.74, 6) is 0.770. The van der Waals surface area contributed by atoms with E-state index in [-0.39, 0.29) is 16.6 Å². The lowest BCUT2D eigenvalue weighted by molar-refractivity contribution is 0.0467. The van der Waals surface area contributed by atoms with Crippen LogP contribution in [0.4, 0.5) is 4.39 Å². The van der Waals surface area contributed by atoms with Crippen molar-refractivity contribution in [2.45, 2.75) is 67.8 Å². The smallest absolute Gasteiger partial charge is 0.175 e. The lowest BCUT2D eigenvalue weighted by Crippen LogP contribution is -2.51. The number of likely N-dealkylation sites (tertiary alicyclic amines) is 2. The van der Waals surface area contributed by atoms with E-state index >= 15 is 4.39 Å². The van der Waals surface area contributed by atoms with Crippen molar-refractivity contribution in [3.05, 3.63) is 47.8 Å². The number of sulfone groups is 1. The standard InChI is InChI=1S/C29H37FN4O2S/c1-32-28-19-26(30)25(18-27(28)31-29(32)21-6-8-24(9-7-21)37(2,35)36)20-10-14-33(15-11-20)23-12-16-34(17-13-23)22-4-3-5-22/h6-9,18-20,22-23H,3-5,10-17H2,1-2H3. The van der Waals surface area contributed by atoms with Crippen molar-refractivity contribution < 1.29 is 12.8 Å². The van der Waals surface area contributed by atoms with Crippen LogP contribution in [0.15, 0.2) is 41.3 Å². The van der Waals surface area contributed by atoms with Crippen LogP contribution in [-0.2, 0) is 16.9 Å². The highest BCUT2D eigenvalue weighted by molar-refractivity contribution is 7.90. The van der Waals surface area contributed by atoms with Crippen molar-refractivity contribution in [2.75, 3.05) is 32.4 Å². The topological polar surface area (TPSA) is 58.4 Å². The summed E-state index contributed by atoms with van der Waals surface area (Å²) in [4.78, 5) is 10.5. The van der Waals surface area contributed by atoms with Crippen molar-refractivity contribution in [2.24, 2.45) is 7.05 Å². The van der Waals surface area contributed by atoms with Crippen LogP contribution in [0.1, 0.15) is 56.4 Å². The number of aryl methyl sites for hydroxylation is 1. The quantitative estimate of drug-likeness (QED) is 0.471. The third kappa shape index (κ3) is 4.84. The SMILES string of the molecule is Cn1c(-c2ccc(S(C)(=O)=O)cc2)nc2cc(C3CCN(C4CCN(C5CCC5)CC4)CC3)c(F)cc21. The molecule has 1 aliphatic carbocycles. The normalized spacial score (nSPS) is 21.5. The minimum Gasteiger partial charge on any atom is -0.327 e. The lowest BCUT2D eigenvalue weighted by atomic mass is 9.86. The summed E-state index contributed by atoms with van der Waals surface area (Å²) in [5, 5.41) is 0. The molecule has 8 heteroatoms. The van der Waals surface area contributed by atoms with Crippen molar-refractivity contribution in [3.63, 3.8) is 0 Å². The average molecular weight is 525 g/mol. The molecule has 3 aromatic rings. The van der Waals surface area contributed by atoms with Gasteiger partial charge in [-0.05, 0) is 107 Å². The summed E-state index contributed by atoms with van der Waals surface area (Å²) in [7, 11) is -1.38. The van der Waals surface area contributed by atoms with Crippen LogP contribution in [0.5, 0.6) is 0 Å². The summed E-state index contributed by atoms with van der Waals surface area (Å²) < 4.78 is 40.9. The van der Waals surface area contributed by atoms with Gasteiger partial charge < -0.3 is 14.4 Å². The van der Waals surface area contributed by atoms with Crippen LogP contribution in [0, 0.1) is 5.82 Å². The molecule has 0 bridgehead atoms. The zero-order chi connectivity index (χ0) is 25.7. The molecular weight excluding hydrogens is 487 g/mol. The van der Waals surface area contributed by atoms with Gasteiger partial charge in [-0.3, -0.25) is 0 Å². The molecule has 0 unspecified atom stereocenters. The average Bonchev–Trinajstić information content (AvgIpc) is 3.18. The molecule has 2 saturated heterocycles. The van der Waals surface area contributed by atoms with Gasteiger partial charge in [-0.25, -0.2) is 17.8 Å². The Morgan fingerprint density at radius 1 is 0.865 bits per heavy atom. The van der Waals surface area contributed by atoms with Crippen LogP contribution in [0.25, 0.3) is 22.4 Å². The molecule has 0 N–H and O–H groups in total. The summed E-state index contributed by atoms with van der Waals surface area (Å²) in [5.41, 5.74) is 3.12. The second-order valence-corrected chi connectivity index (χ2v) is 13.3. The molecule has 198 valence electrons. The number of hydrogen-bond donors (Lipinski definition) is 0. The van der Waals surface area contributed by atoms with Crippen molar-refractivity contribution in [1.82, 2.24) is 19.4 Å². The van der Waals surface area contributed by atoms with Crippen molar-refractivity contribution in [1.29, 1.82) is 0 Å². The number of hydrogen-bond acceptors (Lipinski definition) is 5. The van der Waals surface area contributed by atoms with Crippen LogP contribution >= 0.6 is 0 Å². The number of nitrogens with zero attached hydrogens (tertiary/aromatic N) is 4. The highest BCUT2D eigenvalue weighted by atomic mass is 32.2. The fraction of sp³-hybridized carbons (Fsp3) is 0.552. The molecule has 3 heterocycles. The zero-order valence-electron chi connectivity index (χ0n) is 21.9. The molecule has 3 aliphatic rings. The molecule has 6 nitrogen and oxygen atoms in total. The van der Waals surface area contributed by atoms with E-state index in [0.717, 1.165) is 54.1 Å². The number of imidazole rings is 1. The van der Waals surface area contributed by atoms with Crippen molar-refractivity contribution >= 4 is 20.9 Å². The first kappa shape index (κ1) is 25.0. The number of halogens is 1. The number of rotatable bonds is 5. The van der Waals surface area contributed by atoms with Gasteiger partial charge in [0.25, 0.3) is 0 Å². The molecule has 2 aromatic carbocycles. The van der Waals surface area contributed by atoms with Gasteiger partial charge in [0.1, 0.15) is 11.6 Å². The number of aromatic nitrogens is 2. The Morgan fingerprint density at radius 2 is 1.46 bits per heavy atom. The van der Waals surface area contributed by atoms with E-state index in [1.807, 2.05) is 17.7 Å². The maximum atomic E-state index is 15.4. The van der Waals surface area contributed by atoms with Gasteiger partial charge in [0.05, 0.1) is 15.9 Å². The largest absolute Gasteiger partial charge is 0.327 e. The lowest BCUT2D eigenvalue weighted by Gasteiger charge is -2.45. The first-order valence-electron chi connectivity index (χ1n) is 13.7. The maximum absolute atomic E-state index is 15.4. The Kier molecular flexibility index (Phi) is 6.62. The zero-order valence-corrected chi connectivity index (χ0v) is 22.7. The van der Waals surface area contributed by atoms with Gasteiger partial charge in [0, 0.05) is 37.0 Å². The second kappa shape index (κ2) is 9.79. The molecule has 0 amide bonds. The van der Waals surface area contributed by atoms with Gasteiger partial charge in [0.15, 0.2) is 9.84 Å². The van der Waals surface area contributed by atoms with E-state index in [1.165, 1.54) is 51.4 Å². The first-order valence-corrected chi connectivity index (χ1v) is 15.6. The molecule has 1 saturated carbocycles. The van der Waals surface area contributed by atoms with E-state index in [9.17, 15) is 8.42 Å². The predicted molar refractivity (Wildman–Crippen MR) is 145 cm³/mol. The van der Waals surface area contributed by atoms with Gasteiger partial charge >= 0.3 is 0 Å². The van der Waals surface area contributed by atoms with E-state index in [2.05, 4.69) is 9.80 Å². The molecular formula is C29H37FN4O2S. The highest BCUT2D eigenvalue weighted by Crippen LogP contribution is 2.36. The molecule has 3 fully saturated rings. The fourth-order valence-electron chi connectivity index (χ4n) is 6.59. The first-order chi connectivity index (χ1) is 17.8. The van der Waals surface area contributed by atoms with E-state index < -0.39 is 9.84 Å². The molecule has 0 atom stereocenters. The summed E-state index contributed by atoms with van der Waals surface area (Å²) in [6.45, 7) is 4.55. The Morgan fingerprint density at radius 3 is 2.03 bits per heavy atom. The second-order valence-electron chi connectivity index (χ2n) is 11.3. The van der Waals surface area contributed by atoms with E-state index in [1.54, 1.807) is 30.3 Å². The Bertz CT molecular complexity index is 1380. The third-order valence-electron chi connectivity index (χ3n) is 9.12. The highest BCUT2D eigenvalue weighted by Gasteiger charge is 2.33. The molecule has 0 spiro atoms. The number of fused-ring (bicyclic) bond motifs is 1.